The molecule has 140 valence electrons. The zero-order valence-electron chi connectivity index (χ0n) is 16.7. The molecule has 0 spiro atoms. The number of hydrogen-bond donors (Lipinski definition) is 0. The second-order valence-electron chi connectivity index (χ2n) is 7.32. The van der Waals surface area contributed by atoms with Gasteiger partial charge in [0, 0.05) is 18.0 Å². The highest BCUT2D eigenvalue weighted by atomic mass is 16.5. The van der Waals surface area contributed by atoms with Gasteiger partial charge in [0.1, 0.15) is 12.4 Å². The number of benzene rings is 2. The predicted molar refractivity (Wildman–Crippen MR) is 108 cm³/mol. The second kappa shape index (κ2) is 9.54. The van der Waals surface area contributed by atoms with Crippen LogP contribution in [-0.4, -0.2) is 37.9 Å². The lowest BCUT2D eigenvalue weighted by Gasteiger charge is -2.16. The summed E-state index contributed by atoms with van der Waals surface area (Å²) < 4.78 is 5.71. The number of Topliss-reactive ketones (excluding diaryl/α,β-unsaturated/α-hetero) is 1. The summed E-state index contributed by atoms with van der Waals surface area (Å²) in [5.41, 5.74) is 3.13. The Balaban J connectivity index is 2.07. The van der Waals surface area contributed by atoms with Gasteiger partial charge < -0.3 is 9.64 Å². The molecule has 2 aromatic carbocycles. The van der Waals surface area contributed by atoms with Crippen LogP contribution in [-0.2, 0) is 0 Å². The summed E-state index contributed by atoms with van der Waals surface area (Å²) in [5.74, 6) is 1.37. The second-order valence-corrected chi connectivity index (χ2v) is 7.32. The van der Waals surface area contributed by atoms with E-state index in [4.69, 9.17) is 4.74 Å². The van der Waals surface area contributed by atoms with Crippen LogP contribution in [0.4, 0.5) is 0 Å². The van der Waals surface area contributed by atoms with Crippen LogP contribution in [0.5, 0.6) is 5.75 Å². The van der Waals surface area contributed by atoms with Crippen LogP contribution in [0.2, 0.25) is 0 Å². The van der Waals surface area contributed by atoms with E-state index in [2.05, 4.69) is 49.9 Å². The van der Waals surface area contributed by atoms with Crippen LogP contribution >= 0.6 is 0 Å². The zero-order valence-corrected chi connectivity index (χ0v) is 16.7. The van der Waals surface area contributed by atoms with Gasteiger partial charge in [0.2, 0.25) is 0 Å². The van der Waals surface area contributed by atoms with E-state index >= 15 is 0 Å². The summed E-state index contributed by atoms with van der Waals surface area (Å²) in [6.45, 7) is 7.93. The van der Waals surface area contributed by atoms with Gasteiger partial charge in [-0.3, -0.25) is 4.79 Å². The Labute approximate surface area is 158 Å². The van der Waals surface area contributed by atoms with Gasteiger partial charge in [-0.25, -0.2) is 0 Å². The van der Waals surface area contributed by atoms with Crippen LogP contribution < -0.4 is 4.74 Å². The molecule has 0 saturated heterocycles. The molecule has 0 aliphatic rings. The molecule has 0 N–H and O–H groups in total. The molecule has 0 fully saturated rings. The summed E-state index contributed by atoms with van der Waals surface area (Å²) in [7, 11) is 4.04. The molecule has 2 aromatic rings. The zero-order chi connectivity index (χ0) is 19.1. The number of likely N-dealkylation sites (N-methyl/N-ethyl adjacent to an activating group) is 1. The van der Waals surface area contributed by atoms with Crippen molar-refractivity contribution in [3.63, 3.8) is 0 Å². The first-order valence-corrected chi connectivity index (χ1v) is 9.44. The fraction of sp³-hybridized carbons (Fsp3) is 0.435. The molecule has 26 heavy (non-hydrogen) atoms. The molecule has 0 aliphatic carbocycles. The summed E-state index contributed by atoms with van der Waals surface area (Å²) >= 11 is 0. The third-order valence-electron chi connectivity index (χ3n) is 4.68. The van der Waals surface area contributed by atoms with Gasteiger partial charge in [-0.2, -0.15) is 0 Å². The van der Waals surface area contributed by atoms with Gasteiger partial charge >= 0.3 is 0 Å². The Morgan fingerprint density at radius 3 is 2.04 bits per heavy atom. The van der Waals surface area contributed by atoms with Gasteiger partial charge in [0.25, 0.3) is 0 Å². The van der Waals surface area contributed by atoms with E-state index in [1.807, 2.05) is 38.4 Å². The molecular formula is C23H31NO2. The summed E-state index contributed by atoms with van der Waals surface area (Å²) in [5, 5.41) is 0. The SMILES string of the molecule is CCC(C(=O)c1ccc(OCCN(C)C)cc1)c1ccc(C(C)C)cc1. The average Bonchev–Trinajstić information content (AvgIpc) is 2.63. The maximum Gasteiger partial charge on any atom is 0.170 e. The molecule has 0 bridgehead atoms. The van der Waals surface area contributed by atoms with Gasteiger partial charge in [-0.1, -0.05) is 45.0 Å². The van der Waals surface area contributed by atoms with E-state index in [0.717, 1.165) is 29.8 Å². The molecule has 3 nitrogen and oxygen atoms in total. The van der Waals surface area contributed by atoms with Crippen LogP contribution in [0.25, 0.3) is 0 Å². The van der Waals surface area contributed by atoms with E-state index in [0.29, 0.717) is 12.5 Å². The smallest absolute Gasteiger partial charge is 0.170 e. The number of ketones is 1. The number of carbonyl (C=O) groups excluding carboxylic acids is 1. The lowest BCUT2D eigenvalue weighted by atomic mass is 9.87. The van der Waals surface area contributed by atoms with Crippen molar-refractivity contribution < 1.29 is 9.53 Å². The minimum atomic E-state index is -0.100. The first-order chi connectivity index (χ1) is 12.4. The van der Waals surface area contributed by atoms with Crippen molar-refractivity contribution in [1.82, 2.24) is 4.90 Å². The number of hydrogen-bond acceptors (Lipinski definition) is 3. The number of rotatable bonds is 9. The lowest BCUT2D eigenvalue weighted by Crippen LogP contribution is -2.19. The van der Waals surface area contributed by atoms with Crippen molar-refractivity contribution in [2.24, 2.45) is 0 Å². The highest BCUT2D eigenvalue weighted by Gasteiger charge is 2.20. The van der Waals surface area contributed by atoms with Crippen molar-refractivity contribution in [3.8, 4) is 5.75 Å². The molecule has 0 aliphatic heterocycles. The average molecular weight is 354 g/mol. The minimum absolute atomic E-state index is 0.100. The van der Waals surface area contributed by atoms with E-state index in [1.54, 1.807) is 0 Å². The normalized spacial score (nSPS) is 12.4. The third-order valence-corrected chi connectivity index (χ3v) is 4.68. The Hall–Kier alpha value is -2.13. The van der Waals surface area contributed by atoms with Crippen molar-refractivity contribution in [1.29, 1.82) is 0 Å². The van der Waals surface area contributed by atoms with Crippen molar-refractivity contribution in [3.05, 3.63) is 65.2 Å². The van der Waals surface area contributed by atoms with Crippen LogP contribution in [0.1, 0.15) is 60.5 Å². The highest BCUT2D eigenvalue weighted by Crippen LogP contribution is 2.27. The van der Waals surface area contributed by atoms with E-state index in [1.165, 1.54) is 5.56 Å². The van der Waals surface area contributed by atoms with E-state index in [9.17, 15) is 4.79 Å². The topological polar surface area (TPSA) is 29.5 Å². The first kappa shape index (κ1) is 20.2. The molecule has 0 saturated carbocycles. The molecule has 1 atom stereocenters. The molecule has 0 radical (unpaired) electrons. The Bertz CT molecular complexity index is 687. The molecule has 3 heteroatoms. The fourth-order valence-corrected chi connectivity index (χ4v) is 2.95. The maximum atomic E-state index is 13.0. The molecule has 1 unspecified atom stereocenters. The quantitative estimate of drug-likeness (QED) is 0.586. The monoisotopic (exact) mass is 353 g/mol. The fourth-order valence-electron chi connectivity index (χ4n) is 2.95. The number of nitrogens with zero attached hydrogens (tertiary/aromatic N) is 1. The molecule has 0 heterocycles. The summed E-state index contributed by atoms with van der Waals surface area (Å²) in [6.07, 6.45) is 0.793. The predicted octanol–water partition coefficient (Wildman–Crippen LogP) is 5.13. The molecular weight excluding hydrogens is 322 g/mol. The number of ether oxygens (including phenoxy) is 1. The molecule has 0 amide bonds. The van der Waals surface area contributed by atoms with Crippen LogP contribution in [0.15, 0.2) is 48.5 Å². The van der Waals surface area contributed by atoms with Gasteiger partial charge in [0.05, 0.1) is 0 Å². The van der Waals surface area contributed by atoms with E-state index < -0.39 is 0 Å². The lowest BCUT2D eigenvalue weighted by molar-refractivity contribution is 0.0957. The minimum Gasteiger partial charge on any atom is -0.492 e. The Kier molecular flexibility index (Phi) is 7.40. The summed E-state index contributed by atoms with van der Waals surface area (Å²) in [6, 6.07) is 16.0. The molecule has 2 rings (SSSR count). The third kappa shape index (κ3) is 5.43. The van der Waals surface area contributed by atoms with Gasteiger partial charge in [-0.05, 0) is 61.8 Å². The van der Waals surface area contributed by atoms with Crippen molar-refractivity contribution >= 4 is 5.78 Å². The molecule has 0 aromatic heterocycles. The van der Waals surface area contributed by atoms with E-state index in [-0.39, 0.29) is 11.7 Å². The summed E-state index contributed by atoms with van der Waals surface area (Å²) in [4.78, 5) is 15.0. The van der Waals surface area contributed by atoms with Crippen molar-refractivity contribution in [2.75, 3.05) is 27.2 Å². The van der Waals surface area contributed by atoms with Gasteiger partial charge in [-0.15, -0.1) is 0 Å². The Morgan fingerprint density at radius 1 is 0.962 bits per heavy atom. The largest absolute Gasteiger partial charge is 0.492 e. The van der Waals surface area contributed by atoms with Crippen LogP contribution in [0.3, 0.4) is 0 Å². The maximum absolute atomic E-state index is 13.0. The van der Waals surface area contributed by atoms with Crippen LogP contribution in [0, 0.1) is 0 Å². The standard InChI is InChI=1S/C23H31NO2/c1-6-22(19-9-7-18(8-10-19)17(2)3)23(25)20-11-13-21(14-12-20)26-16-15-24(4)5/h7-14,17,22H,6,15-16H2,1-5H3. The van der Waals surface area contributed by atoms with Crippen molar-refractivity contribution in [2.45, 2.75) is 39.0 Å². The first-order valence-electron chi connectivity index (χ1n) is 9.44. The Morgan fingerprint density at radius 2 is 1.54 bits per heavy atom. The van der Waals surface area contributed by atoms with Gasteiger partial charge in [0.15, 0.2) is 5.78 Å². The number of carbonyl (C=O) groups is 1. The highest BCUT2D eigenvalue weighted by molar-refractivity contribution is 6.01.